The first-order valence-corrected chi connectivity index (χ1v) is 37.1. The molecule has 10 aliphatic rings. The molecular formula is C70H105N7O17S. The van der Waals surface area contributed by atoms with Crippen molar-refractivity contribution in [2.75, 3.05) is 46.1 Å². The number of methoxy groups -OCH3 is 1. The zero-order valence-corrected chi connectivity index (χ0v) is 57.6. The molecule has 10 saturated heterocycles. The molecule has 5 N–H and O–H groups in total. The summed E-state index contributed by atoms with van der Waals surface area (Å²) in [5.74, 6) is 2.27. The minimum Gasteiger partial charge on any atom is -0.391 e. The second kappa shape index (κ2) is 32.9. The molecule has 12 bridgehead atoms. The normalized spacial score (nSPS) is 34.5. The van der Waals surface area contributed by atoms with E-state index in [-0.39, 0.29) is 128 Å². The fraction of sp³-hybridized carbons (Fsp3) is 0.786. The first-order chi connectivity index (χ1) is 45.5. The Kier molecular flexibility index (Phi) is 25.3. The number of nitrogens with zero attached hydrogens (tertiary/aromatic N) is 3. The van der Waals surface area contributed by atoms with Crippen molar-refractivity contribution in [3.05, 3.63) is 42.3 Å². The van der Waals surface area contributed by atoms with Crippen LogP contribution < -0.4 is 21.3 Å². The highest BCUT2D eigenvalue weighted by Crippen LogP contribution is 2.54. The lowest BCUT2D eigenvalue weighted by atomic mass is 9.81. The summed E-state index contributed by atoms with van der Waals surface area (Å²) in [6.45, 7) is 21.1. The van der Waals surface area contributed by atoms with Crippen molar-refractivity contribution in [3.63, 3.8) is 0 Å². The van der Waals surface area contributed by atoms with E-state index < -0.39 is 94.5 Å². The minimum atomic E-state index is -3.55. The van der Waals surface area contributed by atoms with Crippen LogP contribution in [0.15, 0.2) is 41.9 Å². The van der Waals surface area contributed by atoms with Crippen LogP contribution in [0.3, 0.4) is 0 Å². The number of amides is 4. The van der Waals surface area contributed by atoms with Crippen molar-refractivity contribution in [3.8, 4) is 11.8 Å². The topological polar surface area (TPSA) is 300 Å². The number of Topliss-reactive ketones (excluding diaryl/α,β-unsaturated/α-hetero) is 1. The van der Waals surface area contributed by atoms with Gasteiger partial charge in [-0.25, -0.2) is 18.4 Å². The maximum Gasteiger partial charge on any atom is 0.246 e. The number of hydrogen-bond donors (Lipinski definition) is 5. The molecule has 24 nitrogen and oxygen atoms in total. The van der Waals surface area contributed by atoms with Crippen LogP contribution in [-0.2, 0) is 76.4 Å². The Morgan fingerprint density at radius 1 is 0.779 bits per heavy atom. The zero-order chi connectivity index (χ0) is 67.7. The van der Waals surface area contributed by atoms with Gasteiger partial charge in [0.2, 0.25) is 38.6 Å². The smallest absolute Gasteiger partial charge is 0.246 e. The number of nitrogens with one attached hydrogen (secondary N) is 4. The van der Waals surface area contributed by atoms with Gasteiger partial charge >= 0.3 is 0 Å². The fourth-order valence-corrected chi connectivity index (χ4v) is 16.4. The molecule has 1 aromatic rings. The van der Waals surface area contributed by atoms with Gasteiger partial charge in [0.25, 0.3) is 0 Å². The standard InChI is InChI=1S/C70H105N7O17S/c1-10-26-77(27-11-2)28-16-15-18-51(75-68(83)60(40(3)4)76-58(80)19-14-12-13-17-44-36-73-69(74-37-44)95(9,84)85)67(82)72-39-59(81)71-38-46(79)33-56-61(86-8)50-32-45(78)31-48-21-23-53-62(89-48)66-65-64(91-53)63-57(92-65)35-70(93-63,94-66)25-24-49-30-42(6)52(87-49)22-20-47-29-41(5)43(7)54(88-47)34-55(50)90-56/h36-37,40-41,46-57,60-66,79H,6-7,10-12,14-16,18-35,38-39H2,1-5,8-9H3,(H,71,81)(H,72,82)(H,75,83)(H,76,80)/t41-,46+,47+,48-,49+,50+,51+,52?,53+,54-,55+,56-,57?,60+,61-,62+,63+,64+,65-,66+,70+/m1/s1. The summed E-state index contributed by atoms with van der Waals surface area (Å²) in [4.78, 5) is 79.5. The molecule has 0 aliphatic carbocycles. The van der Waals surface area contributed by atoms with Crippen LogP contribution in [0, 0.1) is 29.6 Å². The predicted molar refractivity (Wildman–Crippen MR) is 349 cm³/mol. The molecule has 2 unspecified atom stereocenters. The number of aliphatic hydroxyl groups is 1. The van der Waals surface area contributed by atoms with Crippen LogP contribution in [0.25, 0.3) is 0 Å². The van der Waals surface area contributed by atoms with Crippen LogP contribution in [0.1, 0.15) is 175 Å². The molecule has 25 heteroatoms. The molecule has 95 heavy (non-hydrogen) atoms. The summed E-state index contributed by atoms with van der Waals surface area (Å²) in [7, 11) is -1.97. The lowest BCUT2D eigenvalue weighted by molar-refractivity contribution is -0.292. The number of carbonyl (C=O) groups excluding carboxylic acids is 5. The van der Waals surface area contributed by atoms with Gasteiger partial charge < -0.3 is 73.9 Å². The summed E-state index contributed by atoms with van der Waals surface area (Å²) in [6, 6.07) is -2.00. The second-order valence-electron chi connectivity index (χ2n) is 28.6. The average molecular weight is 1350 g/mol. The molecule has 528 valence electrons. The van der Waals surface area contributed by atoms with Crippen LogP contribution in [-0.4, -0.2) is 219 Å². The Labute approximate surface area is 561 Å². The second-order valence-corrected chi connectivity index (χ2v) is 30.5. The van der Waals surface area contributed by atoms with Crippen molar-refractivity contribution in [2.45, 2.75) is 290 Å². The van der Waals surface area contributed by atoms with Gasteiger partial charge in [-0.3, -0.25) is 24.0 Å². The number of rotatable bonds is 25. The third kappa shape index (κ3) is 18.5. The van der Waals surface area contributed by atoms with Gasteiger partial charge in [0.05, 0.1) is 79.3 Å². The first kappa shape index (κ1) is 72.9. The van der Waals surface area contributed by atoms with Gasteiger partial charge in [-0.05, 0) is 126 Å². The minimum absolute atomic E-state index is 0.00537. The fourth-order valence-electron chi connectivity index (χ4n) is 15.9. The Balaban J connectivity index is 0.755. The van der Waals surface area contributed by atoms with Crippen LogP contribution in [0.2, 0.25) is 0 Å². The molecule has 0 saturated carbocycles. The Hall–Kier alpha value is -4.82. The van der Waals surface area contributed by atoms with Gasteiger partial charge in [-0.2, -0.15) is 0 Å². The Morgan fingerprint density at radius 3 is 2.23 bits per heavy atom. The molecule has 4 amide bonds. The Bertz CT molecular complexity index is 3030. The number of ketones is 1. The highest BCUT2D eigenvalue weighted by atomic mass is 32.2. The highest BCUT2D eigenvalue weighted by molar-refractivity contribution is 7.90. The van der Waals surface area contributed by atoms with E-state index in [0.717, 1.165) is 88.4 Å². The van der Waals surface area contributed by atoms with E-state index in [9.17, 15) is 37.5 Å². The van der Waals surface area contributed by atoms with Gasteiger partial charge in [-0.1, -0.05) is 59.6 Å². The molecule has 21 atom stereocenters. The lowest BCUT2D eigenvalue weighted by Crippen LogP contribution is -2.61. The molecule has 10 aliphatic heterocycles. The lowest BCUT2D eigenvalue weighted by Gasteiger charge is -2.47. The summed E-state index contributed by atoms with van der Waals surface area (Å²) in [5.41, 5.74) is 2.47. The van der Waals surface area contributed by atoms with E-state index >= 15 is 0 Å². The molecular weight excluding hydrogens is 1240 g/mol. The Morgan fingerprint density at radius 2 is 1.49 bits per heavy atom. The van der Waals surface area contributed by atoms with Crippen LogP contribution in [0.4, 0.5) is 0 Å². The number of fused-ring (bicyclic) bond motifs is 6. The average Bonchev–Trinajstić information content (AvgIpc) is 1.55. The molecule has 11 heterocycles. The maximum atomic E-state index is 14.6. The number of unbranched alkanes of at least 4 members (excludes halogenated alkanes) is 2. The number of aromatic nitrogens is 2. The number of aliphatic hydroxyl groups excluding tert-OH is 1. The monoisotopic (exact) mass is 1350 g/mol. The van der Waals surface area contributed by atoms with Gasteiger partial charge in [0.1, 0.15) is 48.4 Å². The first-order valence-electron chi connectivity index (χ1n) is 35.2. The van der Waals surface area contributed by atoms with Gasteiger partial charge in [0, 0.05) is 89.6 Å². The maximum absolute atomic E-state index is 14.6. The molecule has 11 rings (SSSR count). The van der Waals surface area contributed by atoms with E-state index in [2.05, 4.69) is 81.9 Å². The van der Waals surface area contributed by atoms with Gasteiger partial charge in [-0.15, -0.1) is 0 Å². The third-order valence-corrected chi connectivity index (χ3v) is 21.6. The summed E-state index contributed by atoms with van der Waals surface area (Å²) in [6.07, 6.45) is 9.30. The van der Waals surface area contributed by atoms with E-state index in [1.165, 1.54) is 12.4 Å². The molecule has 0 radical (unpaired) electrons. The molecule has 1 aromatic heterocycles. The number of carbonyl (C=O) groups is 5. The van der Waals surface area contributed by atoms with Crippen LogP contribution in [0.5, 0.6) is 0 Å². The zero-order valence-electron chi connectivity index (χ0n) is 56.8. The molecule has 0 aromatic carbocycles. The van der Waals surface area contributed by atoms with Crippen molar-refractivity contribution in [1.82, 2.24) is 36.1 Å². The van der Waals surface area contributed by atoms with E-state index in [1.807, 2.05) is 0 Å². The third-order valence-electron chi connectivity index (χ3n) is 20.8. The van der Waals surface area contributed by atoms with Crippen molar-refractivity contribution >= 4 is 39.2 Å². The van der Waals surface area contributed by atoms with Crippen molar-refractivity contribution < 1.29 is 80.1 Å². The largest absolute Gasteiger partial charge is 0.391 e. The highest BCUT2D eigenvalue weighted by Gasteiger charge is 2.69. The predicted octanol–water partition coefficient (Wildman–Crippen LogP) is 5.05. The summed E-state index contributed by atoms with van der Waals surface area (Å²) >= 11 is 0. The van der Waals surface area contributed by atoms with Crippen molar-refractivity contribution in [2.24, 2.45) is 17.8 Å². The van der Waals surface area contributed by atoms with Crippen molar-refractivity contribution in [1.29, 1.82) is 0 Å². The SMILES string of the molecule is C=C1C[C@@H]2CC[C@@]34CC5O[C@H]6[C@@H](O3)[C@H]3O[C@H](CC[C@@H]3O[C@H]6[C@H]5O4)CC(=O)C[C@@H]3[C@@H](OC)[C@@H](C[C@H](O)CNC(=O)CNC(=O)[C@H](CCCCN(CCC)CCC)NC(=O)[C@@H](NC(=O)CCCC#Cc4cnc(S(C)(=O)=O)nc4)C(C)C)O[C@H]3C[C@H]3O[C@@H](CCC1O2)C[C@@H](C)C3=C. The van der Waals surface area contributed by atoms with E-state index in [1.54, 1.807) is 21.0 Å². The van der Waals surface area contributed by atoms with E-state index in [0.29, 0.717) is 56.9 Å². The summed E-state index contributed by atoms with van der Waals surface area (Å²) < 4.78 is 84.4. The summed E-state index contributed by atoms with van der Waals surface area (Å²) in [5, 5.41) is 22.6. The molecule has 10 fully saturated rings. The number of hydrogen-bond acceptors (Lipinski definition) is 20. The quantitative estimate of drug-likeness (QED) is 0.0370. The number of ether oxygens (including phenoxy) is 9. The van der Waals surface area contributed by atoms with E-state index in [4.69, 9.17) is 42.6 Å². The van der Waals surface area contributed by atoms with Crippen LogP contribution >= 0.6 is 0 Å². The number of sulfone groups is 1. The molecule has 1 spiro atoms. The van der Waals surface area contributed by atoms with Gasteiger partial charge in [0.15, 0.2) is 5.79 Å².